The van der Waals surface area contributed by atoms with Gasteiger partial charge in [-0.05, 0) is 18.2 Å². The van der Waals surface area contributed by atoms with Crippen LogP contribution < -0.4 is 10.5 Å². The van der Waals surface area contributed by atoms with E-state index in [-0.39, 0.29) is 11.5 Å². The summed E-state index contributed by atoms with van der Waals surface area (Å²) in [6.45, 7) is 4.21. The minimum Gasteiger partial charge on any atom is -0.328 e. The van der Waals surface area contributed by atoms with Crippen LogP contribution in [0.1, 0.15) is 16.1 Å². The summed E-state index contributed by atoms with van der Waals surface area (Å²) in [5.41, 5.74) is 2.80. The Hall–Kier alpha value is -3.45. The zero-order valence-corrected chi connectivity index (χ0v) is 16.9. The van der Waals surface area contributed by atoms with Gasteiger partial charge in [0.25, 0.3) is 11.5 Å². The zero-order chi connectivity index (χ0) is 20.7. The van der Waals surface area contributed by atoms with E-state index in [1.807, 2.05) is 17.0 Å². The molecule has 4 aromatic rings. The van der Waals surface area contributed by atoms with E-state index in [9.17, 15) is 9.59 Å². The van der Waals surface area contributed by atoms with Crippen LogP contribution in [-0.4, -0.2) is 50.9 Å². The molecule has 7 heteroatoms. The van der Waals surface area contributed by atoms with Crippen LogP contribution in [0.2, 0.25) is 0 Å². The molecule has 1 N–H and O–H groups in total. The van der Waals surface area contributed by atoms with Crippen molar-refractivity contribution in [3.63, 3.8) is 0 Å². The maximum atomic E-state index is 13.2. The molecule has 1 fully saturated rings. The molecule has 0 aliphatic carbocycles. The second-order valence-electron chi connectivity index (χ2n) is 7.88. The smallest absolute Gasteiger partial charge is 0.270 e. The molecule has 0 saturated carbocycles. The average molecular weight is 402 g/mol. The van der Waals surface area contributed by atoms with Gasteiger partial charge in [0.2, 0.25) is 0 Å². The lowest BCUT2D eigenvalue weighted by Crippen LogP contribution is -3.13. The number of quaternary nitrogens is 1. The van der Waals surface area contributed by atoms with Crippen LogP contribution in [0.25, 0.3) is 16.7 Å². The average Bonchev–Trinajstić information content (AvgIpc) is 3.11. The Morgan fingerprint density at radius 2 is 1.80 bits per heavy atom. The maximum absolute atomic E-state index is 13.2. The SMILES string of the molecule is Cn1c(C(=O)N2CC[NH+](Cc3ccccc3)CC2)cc2c(=O)n3ccccc3nc21. The predicted octanol–water partition coefficient (Wildman–Crippen LogP) is 0.727. The number of hydrogen-bond donors (Lipinski definition) is 1. The van der Waals surface area contributed by atoms with Gasteiger partial charge < -0.3 is 14.4 Å². The molecule has 0 atom stereocenters. The summed E-state index contributed by atoms with van der Waals surface area (Å²) in [5.74, 6) is -0.0392. The number of fused-ring (bicyclic) bond motifs is 2. The molecule has 5 rings (SSSR count). The van der Waals surface area contributed by atoms with E-state index >= 15 is 0 Å². The molecule has 0 radical (unpaired) electrons. The van der Waals surface area contributed by atoms with E-state index in [2.05, 4.69) is 29.2 Å². The summed E-state index contributed by atoms with van der Waals surface area (Å²) in [6, 6.07) is 17.6. The number of nitrogens with zero attached hydrogens (tertiary/aromatic N) is 4. The Bertz CT molecular complexity index is 1280. The lowest BCUT2D eigenvalue weighted by molar-refractivity contribution is -0.917. The molecule has 0 spiro atoms. The molecule has 0 unspecified atom stereocenters. The minimum atomic E-state index is -0.151. The molecule has 1 amide bonds. The Morgan fingerprint density at radius 1 is 1.07 bits per heavy atom. The number of carbonyl (C=O) groups is 1. The number of rotatable bonds is 3. The molecule has 0 bridgehead atoms. The van der Waals surface area contributed by atoms with Gasteiger partial charge in [0.15, 0.2) is 0 Å². The van der Waals surface area contributed by atoms with Crippen LogP contribution in [0.4, 0.5) is 0 Å². The number of carbonyl (C=O) groups excluding carboxylic acids is 1. The van der Waals surface area contributed by atoms with E-state index in [0.29, 0.717) is 35.5 Å². The fourth-order valence-corrected chi connectivity index (χ4v) is 4.28. The maximum Gasteiger partial charge on any atom is 0.270 e. The highest BCUT2D eigenvalue weighted by molar-refractivity contribution is 5.98. The third kappa shape index (κ3) is 3.17. The summed E-state index contributed by atoms with van der Waals surface area (Å²) in [5, 5.41) is 0.470. The summed E-state index contributed by atoms with van der Waals surface area (Å²) in [4.78, 5) is 34.0. The molecule has 30 heavy (non-hydrogen) atoms. The fourth-order valence-electron chi connectivity index (χ4n) is 4.28. The van der Waals surface area contributed by atoms with Gasteiger partial charge in [-0.2, -0.15) is 0 Å². The first kappa shape index (κ1) is 18.6. The van der Waals surface area contributed by atoms with Crippen LogP contribution in [0.3, 0.4) is 0 Å². The third-order valence-corrected chi connectivity index (χ3v) is 5.98. The summed E-state index contributed by atoms with van der Waals surface area (Å²) in [6.07, 6.45) is 1.70. The third-order valence-electron chi connectivity index (χ3n) is 5.98. The van der Waals surface area contributed by atoms with Crippen molar-refractivity contribution in [1.29, 1.82) is 0 Å². The highest BCUT2D eigenvalue weighted by Gasteiger charge is 2.27. The first-order valence-corrected chi connectivity index (χ1v) is 10.3. The largest absolute Gasteiger partial charge is 0.328 e. The van der Waals surface area contributed by atoms with Crippen molar-refractivity contribution in [1.82, 2.24) is 18.9 Å². The van der Waals surface area contributed by atoms with Gasteiger partial charge in [-0.15, -0.1) is 0 Å². The van der Waals surface area contributed by atoms with Gasteiger partial charge in [0.05, 0.1) is 31.6 Å². The fraction of sp³-hybridized carbons (Fsp3) is 0.261. The zero-order valence-electron chi connectivity index (χ0n) is 16.9. The Morgan fingerprint density at radius 3 is 2.57 bits per heavy atom. The van der Waals surface area contributed by atoms with Crippen molar-refractivity contribution < 1.29 is 9.69 Å². The first-order valence-electron chi connectivity index (χ1n) is 10.3. The standard InChI is InChI=1S/C23H23N5O2/c1-25-19(15-18-21(25)24-20-9-5-6-10-28(20)22(18)29)23(30)27-13-11-26(12-14-27)16-17-7-3-2-4-8-17/h2-10,15H,11-14,16H2,1H3/p+1. The van der Waals surface area contributed by atoms with E-state index in [1.165, 1.54) is 14.9 Å². The van der Waals surface area contributed by atoms with Crippen LogP contribution >= 0.6 is 0 Å². The summed E-state index contributed by atoms with van der Waals surface area (Å²) in [7, 11) is 1.80. The number of aromatic nitrogens is 3. The second-order valence-corrected chi connectivity index (χ2v) is 7.88. The van der Waals surface area contributed by atoms with E-state index in [4.69, 9.17) is 0 Å². The lowest BCUT2D eigenvalue weighted by atomic mass is 10.2. The molecule has 1 aromatic carbocycles. The van der Waals surface area contributed by atoms with Crippen LogP contribution in [0.5, 0.6) is 0 Å². The molecule has 1 aliphatic rings. The Labute approximate surface area is 173 Å². The molecule has 152 valence electrons. The number of nitrogens with one attached hydrogen (secondary N) is 1. The molecule has 7 nitrogen and oxygen atoms in total. The van der Waals surface area contributed by atoms with Crippen molar-refractivity contribution in [3.05, 3.63) is 82.4 Å². The van der Waals surface area contributed by atoms with Crippen molar-refractivity contribution >= 4 is 22.6 Å². The van der Waals surface area contributed by atoms with Crippen molar-refractivity contribution in [2.75, 3.05) is 26.2 Å². The van der Waals surface area contributed by atoms with Crippen molar-refractivity contribution in [3.8, 4) is 0 Å². The monoisotopic (exact) mass is 402 g/mol. The quantitative estimate of drug-likeness (QED) is 0.550. The molecule has 1 saturated heterocycles. The van der Waals surface area contributed by atoms with Gasteiger partial charge in [0.1, 0.15) is 23.5 Å². The first-order chi connectivity index (χ1) is 14.6. The number of piperazine rings is 1. The number of benzene rings is 1. The topological polar surface area (TPSA) is 64.0 Å². The number of aryl methyl sites for hydroxylation is 1. The minimum absolute atomic E-state index is 0.0392. The molecule has 4 heterocycles. The van der Waals surface area contributed by atoms with Gasteiger partial charge in [0, 0.05) is 18.8 Å². The number of hydrogen-bond acceptors (Lipinski definition) is 3. The number of pyridine rings is 1. The van der Waals surface area contributed by atoms with Gasteiger partial charge in [-0.1, -0.05) is 36.4 Å². The van der Waals surface area contributed by atoms with Crippen LogP contribution in [-0.2, 0) is 13.6 Å². The lowest BCUT2D eigenvalue weighted by Gasteiger charge is -2.32. The van der Waals surface area contributed by atoms with Gasteiger partial charge >= 0.3 is 0 Å². The Balaban J connectivity index is 1.38. The molecule has 1 aliphatic heterocycles. The van der Waals surface area contributed by atoms with Crippen molar-refractivity contribution in [2.24, 2.45) is 7.05 Å². The number of amides is 1. The highest BCUT2D eigenvalue weighted by atomic mass is 16.2. The van der Waals surface area contributed by atoms with Gasteiger partial charge in [-0.25, -0.2) is 4.98 Å². The Kier molecular flexibility index (Phi) is 4.59. The van der Waals surface area contributed by atoms with Crippen LogP contribution in [0.15, 0.2) is 65.6 Å². The predicted molar refractivity (Wildman–Crippen MR) is 115 cm³/mol. The van der Waals surface area contributed by atoms with E-state index in [0.717, 1.165) is 19.6 Å². The molecular weight excluding hydrogens is 378 g/mol. The normalized spacial score (nSPS) is 15.2. The highest BCUT2D eigenvalue weighted by Crippen LogP contribution is 2.16. The van der Waals surface area contributed by atoms with Crippen molar-refractivity contribution in [2.45, 2.75) is 6.54 Å². The van der Waals surface area contributed by atoms with Crippen LogP contribution in [0, 0.1) is 0 Å². The second kappa shape index (κ2) is 7.42. The van der Waals surface area contributed by atoms with E-state index in [1.54, 1.807) is 36.0 Å². The van der Waals surface area contributed by atoms with E-state index < -0.39 is 0 Å². The summed E-state index contributed by atoms with van der Waals surface area (Å²) < 4.78 is 3.26. The molecule has 3 aromatic heterocycles. The van der Waals surface area contributed by atoms with Gasteiger partial charge in [-0.3, -0.25) is 14.0 Å². The summed E-state index contributed by atoms with van der Waals surface area (Å²) >= 11 is 0. The molecular formula is C23H24N5O2+.